The van der Waals surface area contributed by atoms with Crippen LogP contribution < -0.4 is 10.0 Å². The van der Waals surface area contributed by atoms with Gasteiger partial charge in [-0.25, -0.2) is 13.1 Å². The van der Waals surface area contributed by atoms with Crippen molar-refractivity contribution in [2.24, 2.45) is 0 Å². The van der Waals surface area contributed by atoms with Crippen molar-refractivity contribution in [1.29, 1.82) is 0 Å². The van der Waals surface area contributed by atoms with Gasteiger partial charge >= 0.3 is 6.18 Å². The molecule has 0 aliphatic heterocycles. The molecule has 130 valence electrons. The first-order valence-corrected chi connectivity index (χ1v) is 9.42. The molecule has 1 aromatic carbocycles. The molecule has 1 aliphatic rings. The zero-order valence-corrected chi connectivity index (χ0v) is 13.7. The summed E-state index contributed by atoms with van der Waals surface area (Å²) in [7, 11) is -3.34. The molecular weight excluding hydrogens is 329 g/mol. The number of alkyl halides is 3. The summed E-state index contributed by atoms with van der Waals surface area (Å²) in [6.07, 6.45) is -0.0368. The number of halogens is 3. The van der Waals surface area contributed by atoms with Gasteiger partial charge in [-0.1, -0.05) is 31.0 Å². The molecule has 1 fully saturated rings. The van der Waals surface area contributed by atoms with E-state index in [1.165, 1.54) is 12.1 Å². The topological polar surface area (TPSA) is 58.2 Å². The van der Waals surface area contributed by atoms with Crippen LogP contribution in [0.3, 0.4) is 0 Å². The minimum absolute atomic E-state index is 0.0578. The fourth-order valence-electron chi connectivity index (χ4n) is 2.98. The Morgan fingerprint density at radius 1 is 1.13 bits per heavy atom. The van der Waals surface area contributed by atoms with Crippen LogP contribution in [0.5, 0.6) is 0 Å². The molecule has 1 aliphatic carbocycles. The van der Waals surface area contributed by atoms with E-state index in [2.05, 4.69) is 10.0 Å². The zero-order chi connectivity index (χ0) is 17.1. The molecule has 2 N–H and O–H groups in total. The summed E-state index contributed by atoms with van der Waals surface area (Å²) in [4.78, 5) is 0. The monoisotopic (exact) mass is 350 g/mol. The normalized spacial score (nSPS) is 23.0. The van der Waals surface area contributed by atoms with E-state index in [0.29, 0.717) is 6.42 Å². The van der Waals surface area contributed by atoms with Gasteiger partial charge in [0.1, 0.15) is 0 Å². The largest absolute Gasteiger partial charge is 0.416 e. The minimum Gasteiger partial charge on any atom is -0.308 e. The van der Waals surface area contributed by atoms with E-state index in [1.807, 2.05) is 0 Å². The van der Waals surface area contributed by atoms with E-state index in [1.54, 1.807) is 6.07 Å². The Labute approximate surface area is 134 Å². The highest BCUT2D eigenvalue weighted by molar-refractivity contribution is 7.88. The second kappa shape index (κ2) is 7.19. The fourth-order valence-corrected chi connectivity index (χ4v) is 3.82. The molecule has 23 heavy (non-hydrogen) atoms. The number of benzene rings is 1. The molecule has 4 nitrogen and oxygen atoms in total. The molecule has 8 heteroatoms. The van der Waals surface area contributed by atoms with Gasteiger partial charge in [-0.05, 0) is 24.5 Å². The quantitative estimate of drug-likeness (QED) is 0.858. The summed E-state index contributed by atoms with van der Waals surface area (Å²) in [5.74, 6) is 0. The zero-order valence-electron chi connectivity index (χ0n) is 12.9. The van der Waals surface area contributed by atoms with Gasteiger partial charge in [-0.2, -0.15) is 13.2 Å². The van der Waals surface area contributed by atoms with Crippen LogP contribution in [0, 0.1) is 0 Å². The average Bonchev–Trinajstić information content (AvgIpc) is 2.44. The van der Waals surface area contributed by atoms with Crippen molar-refractivity contribution >= 4 is 10.0 Å². The van der Waals surface area contributed by atoms with Crippen molar-refractivity contribution in [3.05, 3.63) is 35.4 Å². The molecule has 2 rings (SSSR count). The number of sulfonamides is 1. The smallest absolute Gasteiger partial charge is 0.308 e. The van der Waals surface area contributed by atoms with Gasteiger partial charge < -0.3 is 5.32 Å². The molecule has 0 aromatic heterocycles. The van der Waals surface area contributed by atoms with Crippen LogP contribution in [0.25, 0.3) is 0 Å². The van der Waals surface area contributed by atoms with Crippen molar-refractivity contribution in [3.8, 4) is 0 Å². The molecule has 0 amide bonds. The summed E-state index contributed by atoms with van der Waals surface area (Å²) in [5.41, 5.74) is -0.486. The molecular formula is C15H21F3N2O2S. The third-order valence-corrected chi connectivity index (χ3v) is 4.74. The number of hydrogen-bond donors (Lipinski definition) is 2. The van der Waals surface area contributed by atoms with E-state index >= 15 is 0 Å². The Hall–Kier alpha value is -1.12. The van der Waals surface area contributed by atoms with Gasteiger partial charge in [0.2, 0.25) is 10.0 Å². The first-order chi connectivity index (χ1) is 10.7. The van der Waals surface area contributed by atoms with Gasteiger partial charge in [0, 0.05) is 18.6 Å². The lowest BCUT2D eigenvalue weighted by Crippen LogP contribution is -2.51. The number of rotatable bonds is 5. The summed E-state index contributed by atoms with van der Waals surface area (Å²) < 4.78 is 64.4. The summed E-state index contributed by atoms with van der Waals surface area (Å²) in [6.45, 7) is 0.0578. The van der Waals surface area contributed by atoms with Crippen molar-refractivity contribution in [2.75, 3.05) is 6.26 Å². The van der Waals surface area contributed by atoms with E-state index in [4.69, 9.17) is 0 Å². The van der Waals surface area contributed by atoms with Crippen LogP contribution >= 0.6 is 0 Å². The average molecular weight is 350 g/mol. The molecule has 0 radical (unpaired) electrons. The maximum atomic E-state index is 13.0. The number of nitrogens with one attached hydrogen (secondary N) is 2. The van der Waals surface area contributed by atoms with Gasteiger partial charge in [0.25, 0.3) is 0 Å². The van der Waals surface area contributed by atoms with Crippen LogP contribution in [-0.2, 0) is 22.7 Å². The Balaban J connectivity index is 2.07. The van der Waals surface area contributed by atoms with Gasteiger partial charge in [0.15, 0.2) is 0 Å². The standard InChI is InChI=1S/C15H21F3N2O2S/c1-23(21,22)20-14-9-5-4-8-13(14)19-10-11-6-2-3-7-12(11)15(16,17)18/h2-3,6-7,13-14,19-20H,4-5,8-10H2,1H3/t13-,14+/m1/s1. The maximum absolute atomic E-state index is 13.0. The Kier molecular flexibility index (Phi) is 5.70. The van der Waals surface area contributed by atoms with Crippen molar-refractivity contribution < 1.29 is 21.6 Å². The van der Waals surface area contributed by atoms with Gasteiger partial charge in [-0.15, -0.1) is 0 Å². The lowest BCUT2D eigenvalue weighted by molar-refractivity contribution is -0.138. The van der Waals surface area contributed by atoms with Crippen molar-refractivity contribution in [1.82, 2.24) is 10.0 Å². The van der Waals surface area contributed by atoms with E-state index in [-0.39, 0.29) is 24.2 Å². The van der Waals surface area contributed by atoms with Crippen LogP contribution in [0.1, 0.15) is 36.8 Å². The van der Waals surface area contributed by atoms with Crippen LogP contribution in [0.2, 0.25) is 0 Å². The Morgan fingerprint density at radius 3 is 2.35 bits per heavy atom. The van der Waals surface area contributed by atoms with E-state index < -0.39 is 21.8 Å². The van der Waals surface area contributed by atoms with Crippen LogP contribution in [0.4, 0.5) is 13.2 Å². The number of hydrogen-bond acceptors (Lipinski definition) is 3. The molecule has 0 heterocycles. The van der Waals surface area contributed by atoms with Gasteiger partial charge in [-0.3, -0.25) is 0 Å². The maximum Gasteiger partial charge on any atom is 0.416 e. The fraction of sp³-hybridized carbons (Fsp3) is 0.600. The summed E-state index contributed by atoms with van der Waals surface area (Å²) in [6, 6.07) is 4.98. The summed E-state index contributed by atoms with van der Waals surface area (Å²) in [5, 5.41) is 3.10. The molecule has 1 aromatic rings. The van der Waals surface area contributed by atoms with Crippen LogP contribution in [0.15, 0.2) is 24.3 Å². The third-order valence-electron chi connectivity index (χ3n) is 4.01. The predicted octanol–water partition coefficient (Wildman–Crippen LogP) is 2.66. The first kappa shape index (κ1) is 18.2. The summed E-state index contributed by atoms with van der Waals surface area (Å²) >= 11 is 0. The third kappa shape index (κ3) is 5.47. The highest BCUT2D eigenvalue weighted by atomic mass is 32.2. The highest BCUT2D eigenvalue weighted by Gasteiger charge is 2.33. The van der Waals surface area contributed by atoms with Gasteiger partial charge in [0.05, 0.1) is 11.8 Å². The first-order valence-electron chi connectivity index (χ1n) is 7.52. The van der Waals surface area contributed by atoms with Crippen LogP contribution in [-0.4, -0.2) is 26.8 Å². The Bertz CT molecular complexity index is 632. The molecule has 0 bridgehead atoms. The SMILES string of the molecule is CS(=O)(=O)N[C@H]1CCCC[C@H]1NCc1ccccc1C(F)(F)F. The molecule has 0 spiro atoms. The van der Waals surface area contributed by atoms with E-state index in [0.717, 1.165) is 31.6 Å². The second-order valence-corrected chi connectivity index (χ2v) is 7.70. The highest BCUT2D eigenvalue weighted by Crippen LogP contribution is 2.32. The van der Waals surface area contributed by atoms with Crippen molar-refractivity contribution in [3.63, 3.8) is 0 Å². The van der Waals surface area contributed by atoms with Crippen molar-refractivity contribution in [2.45, 2.75) is 50.5 Å². The lowest BCUT2D eigenvalue weighted by atomic mass is 9.90. The Morgan fingerprint density at radius 2 is 1.74 bits per heavy atom. The minimum atomic E-state index is -4.39. The molecule has 0 unspecified atom stereocenters. The second-order valence-electron chi connectivity index (χ2n) is 5.92. The molecule has 2 atom stereocenters. The molecule has 0 saturated heterocycles. The lowest BCUT2D eigenvalue weighted by Gasteiger charge is -2.32. The van der Waals surface area contributed by atoms with E-state index in [9.17, 15) is 21.6 Å². The predicted molar refractivity (Wildman–Crippen MR) is 82.3 cm³/mol. The molecule has 1 saturated carbocycles.